The summed E-state index contributed by atoms with van der Waals surface area (Å²) >= 11 is 0. The molecule has 1 fully saturated rings. The summed E-state index contributed by atoms with van der Waals surface area (Å²) in [5, 5.41) is 2.60. The van der Waals surface area contributed by atoms with Crippen LogP contribution in [0.3, 0.4) is 0 Å². The molecule has 0 radical (unpaired) electrons. The maximum Gasteiger partial charge on any atom is 0.244 e. The molecular formula is C15H20N2O3. The molecule has 1 aromatic heterocycles. The third-order valence-corrected chi connectivity index (χ3v) is 3.31. The number of nitrogens with zero attached hydrogens (tertiary/aromatic N) is 1. The molecule has 2 heterocycles. The van der Waals surface area contributed by atoms with Crippen LogP contribution in [0.5, 0.6) is 0 Å². The fourth-order valence-corrected chi connectivity index (χ4v) is 2.20. The van der Waals surface area contributed by atoms with Gasteiger partial charge in [0.1, 0.15) is 5.76 Å². The molecule has 5 nitrogen and oxygen atoms in total. The van der Waals surface area contributed by atoms with Crippen LogP contribution in [-0.2, 0) is 9.59 Å². The molecule has 1 saturated heterocycles. The van der Waals surface area contributed by atoms with Crippen LogP contribution in [0.25, 0.3) is 6.08 Å². The van der Waals surface area contributed by atoms with Crippen LogP contribution >= 0.6 is 0 Å². The summed E-state index contributed by atoms with van der Waals surface area (Å²) in [6.45, 7) is 1.66. The third kappa shape index (κ3) is 4.57. The predicted molar refractivity (Wildman–Crippen MR) is 75.8 cm³/mol. The Morgan fingerprint density at radius 2 is 2.00 bits per heavy atom. The molecule has 1 N–H and O–H groups in total. The van der Waals surface area contributed by atoms with Crippen molar-refractivity contribution in [3.63, 3.8) is 0 Å². The highest BCUT2D eigenvalue weighted by atomic mass is 16.3. The number of carbonyl (C=O) groups is 2. The number of nitrogens with one attached hydrogen (secondary N) is 1. The van der Waals surface area contributed by atoms with E-state index in [4.69, 9.17) is 4.42 Å². The SMILES string of the molecule is O=C(/C=C/c1ccco1)NCC(=O)N1CCCCCC1. The van der Waals surface area contributed by atoms with E-state index < -0.39 is 0 Å². The Morgan fingerprint density at radius 3 is 2.65 bits per heavy atom. The summed E-state index contributed by atoms with van der Waals surface area (Å²) < 4.78 is 5.08. The third-order valence-electron chi connectivity index (χ3n) is 3.31. The average Bonchev–Trinajstić information content (AvgIpc) is 2.83. The molecule has 0 atom stereocenters. The molecule has 108 valence electrons. The van der Waals surface area contributed by atoms with Gasteiger partial charge in [0, 0.05) is 19.2 Å². The summed E-state index contributed by atoms with van der Waals surface area (Å²) in [4.78, 5) is 25.4. The first-order valence-corrected chi connectivity index (χ1v) is 7.03. The van der Waals surface area contributed by atoms with Crippen LogP contribution in [0, 0.1) is 0 Å². The van der Waals surface area contributed by atoms with Gasteiger partial charge in [0.25, 0.3) is 0 Å². The van der Waals surface area contributed by atoms with E-state index >= 15 is 0 Å². The number of hydrogen-bond donors (Lipinski definition) is 1. The normalized spacial score (nSPS) is 16.1. The molecule has 2 amide bonds. The van der Waals surface area contributed by atoms with E-state index in [9.17, 15) is 9.59 Å². The molecule has 5 heteroatoms. The highest BCUT2D eigenvalue weighted by molar-refractivity contribution is 5.94. The molecule has 1 aliphatic heterocycles. The van der Waals surface area contributed by atoms with Gasteiger partial charge in [-0.3, -0.25) is 9.59 Å². The van der Waals surface area contributed by atoms with E-state index in [0.717, 1.165) is 25.9 Å². The Bertz CT molecular complexity index is 457. The molecule has 0 unspecified atom stereocenters. The van der Waals surface area contributed by atoms with Crippen molar-refractivity contribution in [3.8, 4) is 0 Å². The lowest BCUT2D eigenvalue weighted by atomic mass is 10.2. The van der Waals surface area contributed by atoms with Crippen molar-refractivity contribution >= 4 is 17.9 Å². The second-order valence-electron chi connectivity index (χ2n) is 4.86. The Kier molecular flexibility index (Phi) is 5.41. The minimum atomic E-state index is -0.287. The Hall–Kier alpha value is -2.04. The first-order valence-electron chi connectivity index (χ1n) is 7.03. The van der Waals surface area contributed by atoms with Crippen molar-refractivity contribution in [2.24, 2.45) is 0 Å². The molecule has 1 aromatic rings. The fourth-order valence-electron chi connectivity index (χ4n) is 2.20. The monoisotopic (exact) mass is 276 g/mol. The molecular weight excluding hydrogens is 256 g/mol. The van der Waals surface area contributed by atoms with Gasteiger partial charge >= 0.3 is 0 Å². The molecule has 0 aliphatic carbocycles. The van der Waals surface area contributed by atoms with Gasteiger partial charge in [-0.1, -0.05) is 12.8 Å². The van der Waals surface area contributed by atoms with Crippen LogP contribution in [0.4, 0.5) is 0 Å². The number of likely N-dealkylation sites (tertiary alicyclic amines) is 1. The van der Waals surface area contributed by atoms with Gasteiger partial charge in [-0.15, -0.1) is 0 Å². The Labute approximate surface area is 118 Å². The lowest BCUT2D eigenvalue weighted by Gasteiger charge is -2.20. The fraction of sp³-hybridized carbons (Fsp3) is 0.467. The standard InChI is InChI=1S/C15H20N2O3/c18-14(8-7-13-6-5-11-20-13)16-12-15(19)17-9-3-1-2-4-10-17/h5-8,11H,1-4,9-10,12H2,(H,16,18)/b8-7+. The van der Waals surface area contributed by atoms with E-state index in [0.29, 0.717) is 5.76 Å². The molecule has 20 heavy (non-hydrogen) atoms. The van der Waals surface area contributed by atoms with Crippen molar-refractivity contribution in [2.75, 3.05) is 19.6 Å². The minimum Gasteiger partial charge on any atom is -0.465 e. The molecule has 1 aliphatic rings. The van der Waals surface area contributed by atoms with Crippen molar-refractivity contribution in [3.05, 3.63) is 30.2 Å². The van der Waals surface area contributed by atoms with Gasteiger partial charge < -0.3 is 14.6 Å². The Balaban J connectivity index is 1.73. The molecule has 0 bridgehead atoms. The van der Waals surface area contributed by atoms with E-state index in [2.05, 4.69) is 5.32 Å². The first-order chi connectivity index (χ1) is 9.75. The Morgan fingerprint density at radius 1 is 1.25 bits per heavy atom. The number of furan rings is 1. The van der Waals surface area contributed by atoms with Crippen molar-refractivity contribution in [1.82, 2.24) is 10.2 Å². The summed E-state index contributed by atoms with van der Waals surface area (Å²) in [5.74, 6) is 0.315. The van der Waals surface area contributed by atoms with Crippen molar-refractivity contribution in [1.29, 1.82) is 0 Å². The van der Waals surface area contributed by atoms with Crippen molar-refractivity contribution in [2.45, 2.75) is 25.7 Å². The van der Waals surface area contributed by atoms with Crippen LogP contribution in [0.2, 0.25) is 0 Å². The zero-order valence-corrected chi connectivity index (χ0v) is 11.5. The second-order valence-corrected chi connectivity index (χ2v) is 4.86. The molecule has 0 saturated carbocycles. The number of rotatable bonds is 4. The van der Waals surface area contributed by atoms with Gasteiger partial charge in [0.05, 0.1) is 12.8 Å². The van der Waals surface area contributed by atoms with E-state index in [1.54, 1.807) is 24.5 Å². The maximum atomic E-state index is 12.0. The van der Waals surface area contributed by atoms with E-state index in [1.807, 2.05) is 4.90 Å². The average molecular weight is 276 g/mol. The number of amides is 2. The minimum absolute atomic E-state index is 0.00773. The van der Waals surface area contributed by atoms with Crippen LogP contribution in [0.1, 0.15) is 31.4 Å². The zero-order valence-electron chi connectivity index (χ0n) is 11.5. The second kappa shape index (κ2) is 7.53. The van der Waals surface area contributed by atoms with Gasteiger partial charge in [-0.2, -0.15) is 0 Å². The predicted octanol–water partition coefficient (Wildman–Crippen LogP) is 1.81. The smallest absolute Gasteiger partial charge is 0.244 e. The van der Waals surface area contributed by atoms with Gasteiger partial charge in [0.2, 0.25) is 11.8 Å². The highest BCUT2D eigenvalue weighted by Crippen LogP contribution is 2.09. The maximum absolute atomic E-state index is 12.0. The summed E-state index contributed by atoms with van der Waals surface area (Å²) in [5.41, 5.74) is 0. The van der Waals surface area contributed by atoms with Gasteiger partial charge in [-0.25, -0.2) is 0 Å². The number of carbonyl (C=O) groups excluding carboxylic acids is 2. The quantitative estimate of drug-likeness (QED) is 0.853. The lowest BCUT2D eigenvalue weighted by molar-refractivity contribution is -0.132. The van der Waals surface area contributed by atoms with E-state index in [1.165, 1.54) is 18.9 Å². The summed E-state index contributed by atoms with van der Waals surface area (Å²) in [6.07, 6.45) is 8.96. The lowest BCUT2D eigenvalue weighted by Crippen LogP contribution is -2.40. The van der Waals surface area contributed by atoms with Gasteiger partial charge in [0.15, 0.2) is 0 Å². The molecule has 0 spiro atoms. The van der Waals surface area contributed by atoms with Gasteiger partial charge in [-0.05, 0) is 31.1 Å². The first kappa shape index (κ1) is 14.4. The highest BCUT2D eigenvalue weighted by Gasteiger charge is 2.15. The summed E-state index contributed by atoms with van der Waals surface area (Å²) in [7, 11) is 0. The van der Waals surface area contributed by atoms with Crippen LogP contribution < -0.4 is 5.32 Å². The van der Waals surface area contributed by atoms with Crippen LogP contribution in [-0.4, -0.2) is 36.3 Å². The molecule has 2 rings (SSSR count). The van der Waals surface area contributed by atoms with Crippen LogP contribution in [0.15, 0.2) is 28.9 Å². The largest absolute Gasteiger partial charge is 0.465 e. The van der Waals surface area contributed by atoms with Crippen molar-refractivity contribution < 1.29 is 14.0 Å². The topological polar surface area (TPSA) is 62.6 Å². The number of hydrogen-bond acceptors (Lipinski definition) is 3. The zero-order chi connectivity index (χ0) is 14.2. The summed E-state index contributed by atoms with van der Waals surface area (Å²) in [6, 6.07) is 3.51. The van der Waals surface area contributed by atoms with E-state index in [-0.39, 0.29) is 18.4 Å². The molecule has 0 aromatic carbocycles.